The van der Waals surface area contributed by atoms with Crippen molar-refractivity contribution in [2.24, 2.45) is 0 Å². The molecule has 20 heavy (non-hydrogen) atoms. The van der Waals surface area contributed by atoms with Gasteiger partial charge in [0.15, 0.2) is 9.84 Å². The van der Waals surface area contributed by atoms with Gasteiger partial charge in [-0.25, -0.2) is 25.9 Å². The van der Waals surface area contributed by atoms with Crippen LogP contribution in [0.4, 0.5) is 4.39 Å². The molecule has 2 N–H and O–H groups in total. The van der Waals surface area contributed by atoms with Crippen LogP contribution in [0.5, 0.6) is 0 Å². The molecule has 0 spiro atoms. The molecule has 2 rings (SSSR count). The van der Waals surface area contributed by atoms with E-state index in [9.17, 15) is 21.2 Å². The fourth-order valence-electron chi connectivity index (χ4n) is 1.96. The lowest BCUT2D eigenvalue weighted by atomic mass is 10.3. The summed E-state index contributed by atoms with van der Waals surface area (Å²) < 4.78 is 63.1. The molecular formula is C11H15FN2O4S2. The second kappa shape index (κ2) is 5.40. The Morgan fingerprint density at radius 2 is 2.00 bits per heavy atom. The van der Waals surface area contributed by atoms with E-state index < -0.39 is 30.6 Å². The minimum atomic E-state index is -4.09. The number of rotatable bonds is 4. The molecule has 1 heterocycles. The number of hydrogen-bond acceptors (Lipinski definition) is 5. The Kier molecular flexibility index (Phi) is 4.14. The van der Waals surface area contributed by atoms with E-state index in [0.717, 1.165) is 24.5 Å². The van der Waals surface area contributed by atoms with Crippen LogP contribution in [0.15, 0.2) is 28.0 Å². The molecule has 0 radical (unpaired) electrons. The highest BCUT2D eigenvalue weighted by Gasteiger charge is 2.26. The molecule has 0 aliphatic carbocycles. The smallest absolute Gasteiger partial charge is 0.243 e. The Hall–Kier alpha value is -1.03. The first-order valence-electron chi connectivity index (χ1n) is 5.93. The number of nitrogens with one attached hydrogen (secondary N) is 2. The van der Waals surface area contributed by atoms with Crippen LogP contribution in [-0.2, 0) is 19.9 Å². The van der Waals surface area contributed by atoms with Crippen molar-refractivity contribution in [1.29, 1.82) is 0 Å². The minimum Gasteiger partial charge on any atom is -0.315 e. The lowest BCUT2D eigenvalue weighted by Gasteiger charge is -2.13. The third-order valence-corrected chi connectivity index (χ3v) is 5.65. The van der Waals surface area contributed by atoms with Crippen molar-refractivity contribution in [1.82, 2.24) is 10.0 Å². The second-order valence-electron chi connectivity index (χ2n) is 4.68. The van der Waals surface area contributed by atoms with Crippen molar-refractivity contribution in [2.45, 2.75) is 22.3 Å². The first-order chi connectivity index (χ1) is 9.20. The highest BCUT2D eigenvalue weighted by Crippen LogP contribution is 2.20. The Balaban J connectivity index is 2.40. The third-order valence-electron chi connectivity index (χ3n) is 3.00. The topological polar surface area (TPSA) is 92.3 Å². The Labute approximate surface area is 117 Å². The maximum Gasteiger partial charge on any atom is 0.243 e. The predicted molar refractivity (Wildman–Crippen MR) is 71.1 cm³/mol. The van der Waals surface area contributed by atoms with E-state index in [2.05, 4.69) is 10.0 Å². The lowest BCUT2D eigenvalue weighted by molar-refractivity contribution is 0.541. The van der Waals surface area contributed by atoms with Gasteiger partial charge in [0.05, 0.1) is 4.90 Å². The zero-order valence-electron chi connectivity index (χ0n) is 10.8. The van der Waals surface area contributed by atoms with E-state index in [4.69, 9.17) is 0 Å². The third kappa shape index (κ3) is 3.35. The summed E-state index contributed by atoms with van der Waals surface area (Å²) in [5, 5.41) is 2.98. The average Bonchev–Trinajstić information content (AvgIpc) is 2.79. The Bertz CT molecular complexity index is 710. The first kappa shape index (κ1) is 15.4. The summed E-state index contributed by atoms with van der Waals surface area (Å²) in [7, 11) is -7.69. The molecule has 0 amide bonds. The van der Waals surface area contributed by atoms with E-state index >= 15 is 0 Å². The highest BCUT2D eigenvalue weighted by atomic mass is 32.2. The number of hydrogen-bond donors (Lipinski definition) is 2. The molecule has 1 aromatic rings. The van der Waals surface area contributed by atoms with Gasteiger partial charge in [0.1, 0.15) is 10.7 Å². The van der Waals surface area contributed by atoms with Crippen LogP contribution >= 0.6 is 0 Å². The molecular weight excluding hydrogens is 307 g/mol. The SMILES string of the molecule is CS(=O)(=O)c1ccc(F)c(S(=O)(=O)NC2CCNC2)c1. The van der Waals surface area contributed by atoms with Gasteiger partial charge >= 0.3 is 0 Å². The monoisotopic (exact) mass is 322 g/mol. The zero-order valence-corrected chi connectivity index (χ0v) is 12.4. The Morgan fingerprint density at radius 1 is 1.30 bits per heavy atom. The van der Waals surface area contributed by atoms with Gasteiger partial charge in [0, 0.05) is 18.8 Å². The molecule has 1 atom stereocenters. The van der Waals surface area contributed by atoms with Crippen molar-refractivity contribution in [3.8, 4) is 0 Å². The van der Waals surface area contributed by atoms with Crippen LogP contribution in [0.2, 0.25) is 0 Å². The summed E-state index contributed by atoms with van der Waals surface area (Å²) in [5.41, 5.74) is 0. The van der Waals surface area contributed by atoms with Gasteiger partial charge < -0.3 is 5.32 Å². The highest BCUT2D eigenvalue weighted by molar-refractivity contribution is 7.91. The minimum absolute atomic E-state index is 0.233. The zero-order chi connectivity index (χ0) is 15.0. The van der Waals surface area contributed by atoms with Gasteiger partial charge in [-0.05, 0) is 31.2 Å². The standard InChI is InChI=1S/C11H15FN2O4S2/c1-19(15,16)9-2-3-10(12)11(6-9)20(17,18)14-8-4-5-13-7-8/h2-3,6,8,13-14H,4-5,7H2,1H3. The van der Waals surface area contributed by atoms with Crippen LogP contribution < -0.4 is 10.0 Å². The fraction of sp³-hybridized carbons (Fsp3) is 0.455. The van der Waals surface area contributed by atoms with Crippen LogP contribution in [0.25, 0.3) is 0 Å². The molecule has 1 aliphatic rings. The normalized spacial score (nSPS) is 20.2. The molecule has 0 saturated carbocycles. The number of sulfone groups is 1. The van der Waals surface area contributed by atoms with Gasteiger partial charge in [-0.1, -0.05) is 0 Å². The predicted octanol–water partition coefficient (Wildman–Crippen LogP) is -0.131. The molecule has 1 saturated heterocycles. The van der Waals surface area contributed by atoms with Gasteiger partial charge in [-0.3, -0.25) is 0 Å². The van der Waals surface area contributed by atoms with E-state index in [1.54, 1.807) is 0 Å². The van der Waals surface area contributed by atoms with E-state index in [1.807, 2.05) is 0 Å². The maximum atomic E-state index is 13.7. The van der Waals surface area contributed by atoms with Crippen molar-refractivity contribution < 1.29 is 21.2 Å². The molecule has 0 bridgehead atoms. The largest absolute Gasteiger partial charge is 0.315 e. The van der Waals surface area contributed by atoms with Crippen LogP contribution in [0, 0.1) is 5.82 Å². The van der Waals surface area contributed by atoms with E-state index in [-0.39, 0.29) is 10.9 Å². The van der Waals surface area contributed by atoms with Crippen LogP contribution in [-0.4, -0.2) is 42.2 Å². The maximum absolute atomic E-state index is 13.7. The summed E-state index contributed by atoms with van der Waals surface area (Å²) >= 11 is 0. The summed E-state index contributed by atoms with van der Waals surface area (Å²) in [6.45, 7) is 1.14. The molecule has 6 nitrogen and oxygen atoms in total. The number of sulfonamides is 1. The van der Waals surface area contributed by atoms with Crippen LogP contribution in [0.1, 0.15) is 6.42 Å². The quantitative estimate of drug-likeness (QED) is 0.753. The fourth-order valence-corrected chi connectivity index (χ4v) is 4.05. The Morgan fingerprint density at radius 3 is 2.55 bits per heavy atom. The molecule has 112 valence electrons. The number of benzene rings is 1. The summed E-state index contributed by atoms with van der Waals surface area (Å²) in [6, 6.07) is 2.41. The molecule has 0 aromatic heterocycles. The van der Waals surface area contributed by atoms with E-state index in [0.29, 0.717) is 19.5 Å². The molecule has 1 aliphatic heterocycles. The summed E-state index contributed by atoms with van der Waals surface area (Å²) in [6.07, 6.45) is 1.54. The van der Waals surface area contributed by atoms with Crippen LogP contribution in [0.3, 0.4) is 0 Å². The summed E-state index contributed by atoms with van der Waals surface area (Å²) in [5.74, 6) is -0.976. The molecule has 1 unspecified atom stereocenters. The number of halogens is 1. The van der Waals surface area contributed by atoms with E-state index in [1.165, 1.54) is 0 Å². The van der Waals surface area contributed by atoms with Crippen molar-refractivity contribution >= 4 is 19.9 Å². The lowest BCUT2D eigenvalue weighted by Crippen LogP contribution is -2.36. The van der Waals surface area contributed by atoms with Crippen molar-refractivity contribution in [3.05, 3.63) is 24.0 Å². The molecule has 1 fully saturated rings. The second-order valence-corrected chi connectivity index (χ2v) is 8.37. The molecule has 9 heteroatoms. The van der Waals surface area contributed by atoms with Gasteiger partial charge in [0.2, 0.25) is 10.0 Å². The van der Waals surface area contributed by atoms with Crippen molar-refractivity contribution in [2.75, 3.05) is 19.3 Å². The van der Waals surface area contributed by atoms with Crippen molar-refractivity contribution in [3.63, 3.8) is 0 Å². The molecule has 1 aromatic carbocycles. The van der Waals surface area contributed by atoms with Gasteiger partial charge in [0.25, 0.3) is 0 Å². The summed E-state index contributed by atoms with van der Waals surface area (Å²) in [4.78, 5) is -0.879. The van der Waals surface area contributed by atoms with Gasteiger partial charge in [-0.15, -0.1) is 0 Å². The first-order valence-corrected chi connectivity index (χ1v) is 9.30. The van der Waals surface area contributed by atoms with Gasteiger partial charge in [-0.2, -0.15) is 0 Å². The average molecular weight is 322 g/mol.